The predicted octanol–water partition coefficient (Wildman–Crippen LogP) is 8.73. The highest BCUT2D eigenvalue weighted by Crippen LogP contribution is 2.36. The fourth-order valence-electron chi connectivity index (χ4n) is 5.05. The lowest BCUT2D eigenvalue weighted by Gasteiger charge is -2.24. The van der Waals surface area contributed by atoms with Gasteiger partial charge in [-0.2, -0.15) is 0 Å². The number of hydrogen-bond donors (Lipinski definition) is 4. The van der Waals surface area contributed by atoms with Gasteiger partial charge in [0, 0.05) is 6.42 Å². The quantitative estimate of drug-likeness (QED) is 0.0501. The summed E-state index contributed by atoms with van der Waals surface area (Å²) in [6.07, 6.45) is 28.0. The average Bonchev–Trinajstić information content (AvgIpc) is 2.89. The molecule has 0 aliphatic heterocycles. The Morgan fingerprint density at radius 1 is 0.641 bits per heavy atom. The van der Waals surface area contributed by atoms with Crippen LogP contribution >= 0.6 is 7.82 Å². The first-order valence-electron chi connectivity index (χ1n) is 16.5. The SMILES string of the molecule is CCCCCCCCCCCCCCCCC(=O)N[C@@H](COP(=O)(O)O)[C@H](O)CCCCCCCCCCC. The number of carbonyl (C=O) groups is 1. The first-order valence-corrected chi connectivity index (χ1v) is 18.0. The maximum absolute atomic E-state index is 12.5. The summed E-state index contributed by atoms with van der Waals surface area (Å²) in [5.74, 6) is -0.195. The third-order valence-corrected chi connectivity index (χ3v) is 8.08. The number of aliphatic hydroxyl groups excluding tert-OH is 1. The van der Waals surface area contributed by atoms with Gasteiger partial charge in [-0.05, 0) is 12.8 Å². The van der Waals surface area contributed by atoms with Crippen molar-refractivity contribution in [2.45, 2.75) is 187 Å². The number of amides is 1. The van der Waals surface area contributed by atoms with Gasteiger partial charge in [0.15, 0.2) is 0 Å². The van der Waals surface area contributed by atoms with Crippen LogP contribution < -0.4 is 5.32 Å². The molecule has 0 aliphatic rings. The topological polar surface area (TPSA) is 116 Å². The molecule has 0 fully saturated rings. The van der Waals surface area contributed by atoms with Crippen molar-refractivity contribution in [3.05, 3.63) is 0 Å². The largest absolute Gasteiger partial charge is 0.469 e. The van der Waals surface area contributed by atoms with E-state index in [4.69, 9.17) is 9.79 Å². The van der Waals surface area contributed by atoms with Gasteiger partial charge >= 0.3 is 7.82 Å². The van der Waals surface area contributed by atoms with E-state index < -0.39 is 26.6 Å². The number of unbranched alkanes of at least 4 members (excludes halogenated alkanes) is 21. The van der Waals surface area contributed by atoms with Crippen molar-refractivity contribution in [1.29, 1.82) is 0 Å². The van der Waals surface area contributed by atoms with Gasteiger partial charge in [-0.25, -0.2) is 4.57 Å². The van der Waals surface area contributed by atoms with Crippen LogP contribution in [0.5, 0.6) is 0 Å². The van der Waals surface area contributed by atoms with E-state index in [1.54, 1.807) is 0 Å². The highest BCUT2D eigenvalue weighted by molar-refractivity contribution is 7.46. The summed E-state index contributed by atoms with van der Waals surface area (Å²) >= 11 is 0. The summed E-state index contributed by atoms with van der Waals surface area (Å²) in [5.41, 5.74) is 0. The second kappa shape index (κ2) is 27.7. The van der Waals surface area contributed by atoms with Crippen molar-refractivity contribution in [2.24, 2.45) is 0 Å². The van der Waals surface area contributed by atoms with Gasteiger partial charge in [0.05, 0.1) is 18.8 Å². The second-order valence-electron chi connectivity index (χ2n) is 11.5. The Labute approximate surface area is 240 Å². The highest BCUT2D eigenvalue weighted by Gasteiger charge is 2.25. The van der Waals surface area contributed by atoms with Gasteiger partial charge in [-0.1, -0.05) is 155 Å². The van der Waals surface area contributed by atoms with Crippen LogP contribution in [0.2, 0.25) is 0 Å². The maximum atomic E-state index is 12.5. The van der Waals surface area contributed by atoms with Crippen molar-refractivity contribution in [2.75, 3.05) is 6.61 Å². The van der Waals surface area contributed by atoms with Crippen LogP contribution in [-0.4, -0.2) is 39.6 Å². The molecular weight excluding hydrogens is 513 g/mol. The van der Waals surface area contributed by atoms with Crippen LogP contribution in [0.25, 0.3) is 0 Å². The number of phosphoric ester groups is 1. The average molecular weight is 578 g/mol. The van der Waals surface area contributed by atoms with Crippen LogP contribution in [0.3, 0.4) is 0 Å². The standard InChI is InChI=1S/C31H64NO6P/c1-3-5-7-9-11-13-14-15-16-17-19-21-23-25-27-31(34)32-29(28-38-39(35,36)37)30(33)26-24-22-20-18-12-10-8-6-4-2/h29-30,33H,3-28H2,1-2H3,(H,32,34)(H2,35,36,37)/t29-,30+/m0/s1. The van der Waals surface area contributed by atoms with Gasteiger partial charge < -0.3 is 20.2 Å². The van der Waals surface area contributed by atoms with Crippen LogP contribution in [0.4, 0.5) is 0 Å². The molecule has 0 radical (unpaired) electrons. The summed E-state index contributed by atoms with van der Waals surface area (Å²) in [6.45, 7) is 4.07. The smallest absolute Gasteiger partial charge is 0.391 e. The molecule has 39 heavy (non-hydrogen) atoms. The number of nitrogens with one attached hydrogen (secondary N) is 1. The highest BCUT2D eigenvalue weighted by atomic mass is 31.2. The van der Waals surface area contributed by atoms with E-state index in [0.717, 1.165) is 38.5 Å². The number of carbonyl (C=O) groups excluding carboxylic acids is 1. The Kier molecular flexibility index (Phi) is 27.4. The normalized spacial score (nSPS) is 13.5. The van der Waals surface area contributed by atoms with Crippen molar-refractivity contribution >= 4 is 13.7 Å². The summed E-state index contributed by atoms with van der Waals surface area (Å²) < 4.78 is 15.8. The maximum Gasteiger partial charge on any atom is 0.469 e. The number of hydrogen-bond acceptors (Lipinski definition) is 4. The fourth-order valence-corrected chi connectivity index (χ4v) is 5.41. The molecule has 4 N–H and O–H groups in total. The van der Waals surface area contributed by atoms with Gasteiger partial charge in [0.25, 0.3) is 0 Å². The Balaban J connectivity index is 3.99. The van der Waals surface area contributed by atoms with Crippen LogP contribution in [-0.2, 0) is 13.9 Å². The lowest BCUT2D eigenvalue weighted by Crippen LogP contribution is -2.46. The van der Waals surface area contributed by atoms with Gasteiger partial charge in [-0.3, -0.25) is 9.32 Å². The first kappa shape index (κ1) is 38.5. The molecule has 0 unspecified atom stereocenters. The predicted molar refractivity (Wildman–Crippen MR) is 163 cm³/mol. The number of aliphatic hydroxyl groups is 1. The summed E-state index contributed by atoms with van der Waals surface area (Å²) in [7, 11) is -4.67. The molecule has 0 rings (SSSR count). The third-order valence-electron chi connectivity index (χ3n) is 7.59. The summed E-state index contributed by atoms with van der Waals surface area (Å²) in [4.78, 5) is 30.6. The molecule has 0 heterocycles. The summed E-state index contributed by atoms with van der Waals surface area (Å²) in [5, 5.41) is 13.4. The van der Waals surface area contributed by atoms with E-state index in [2.05, 4.69) is 23.7 Å². The second-order valence-corrected chi connectivity index (χ2v) is 12.7. The number of rotatable bonds is 30. The van der Waals surface area contributed by atoms with Gasteiger partial charge in [0.1, 0.15) is 0 Å². The third kappa shape index (κ3) is 28.9. The van der Waals surface area contributed by atoms with E-state index in [1.807, 2.05) is 0 Å². The zero-order valence-corrected chi connectivity index (χ0v) is 26.4. The number of phosphoric acid groups is 1. The van der Waals surface area contributed by atoms with E-state index in [-0.39, 0.29) is 5.91 Å². The molecule has 2 atom stereocenters. The molecule has 0 saturated heterocycles. The zero-order chi connectivity index (χ0) is 29.0. The molecule has 7 nitrogen and oxygen atoms in total. The zero-order valence-electron chi connectivity index (χ0n) is 25.6. The lowest BCUT2D eigenvalue weighted by molar-refractivity contribution is -0.123. The van der Waals surface area contributed by atoms with E-state index in [0.29, 0.717) is 12.8 Å². The van der Waals surface area contributed by atoms with Gasteiger partial charge in [0.2, 0.25) is 5.91 Å². The molecule has 0 spiro atoms. The molecular formula is C31H64NO6P. The lowest BCUT2D eigenvalue weighted by atomic mass is 10.0. The molecule has 0 saturated carbocycles. The van der Waals surface area contributed by atoms with Crippen LogP contribution in [0.1, 0.15) is 174 Å². The fraction of sp³-hybridized carbons (Fsp3) is 0.968. The molecule has 0 bridgehead atoms. The monoisotopic (exact) mass is 577 g/mol. The Hall–Kier alpha value is -0.460. The van der Waals surface area contributed by atoms with E-state index in [1.165, 1.54) is 109 Å². The minimum Gasteiger partial charge on any atom is -0.391 e. The minimum atomic E-state index is -4.67. The molecule has 0 aromatic carbocycles. The van der Waals surface area contributed by atoms with Crippen molar-refractivity contribution < 1.29 is 28.8 Å². The van der Waals surface area contributed by atoms with Crippen molar-refractivity contribution in [1.82, 2.24) is 5.32 Å². The van der Waals surface area contributed by atoms with Gasteiger partial charge in [-0.15, -0.1) is 0 Å². The van der Waals surface area contributed by atoms with E-state index >= 15 is 0 Å². The molecule has 0 aromatic heterocycles. The molecule has 0 aromatic rings. The minimum absolute atomic E-state index is 0.195. The van der Waals surface area contributed by atoms with Crippen molar-refractivity contribution in [3.8, 4) is 0 Å². The molecule has 8 heteroatoms. The van der Waals surface area contributed by atoms with Crippen molar-refractivity contribution in [3.63, 3.8) is 0 Å². The molecule has 0 aliphatic carbocycles. The summed E-state index contributed by atoms with van der Waals surface area (Å²) in [6, 6.07) is -0.814. The van der Waals surface area contributed by atoms with Crippen LogP contribution in [0.15, 0.2) is 0 Å². The Bertz CT molecular complexity index is 585. The molecule has 1 amide bonds. The molecule has 234 valence electrons. The Morgan fingerprint density at radius 3 is 1.38 bits per heavy atom. The van der Waals surface area contributed by atoms with E-state index in [9.17, 15) is 14.5 Å². The van der Waals surface area contributed by atoms with Crippen LogP contribution in [0, 0.1) is 0 Å². The Morgan fingerprint density at radius 2 is 1.00 bits per heavy atom. The first-order chi connectivity index (χ1) is 18.8.